The van der Waals surface area contributed by atoms with E-state index in [1.165, 1.54) is 0 Å². The van der Waals surface area contributed by atoms with Crippen LogP contribution in [0.15, 0.2) is 12.2 Å². The Morgan fingerprint density at radius 3 is 3.08 bits per heavy atom. The van der Waals surface area contributed by atoms with Crippen molar-refractivity contribution >= 4 is 0 Å². The second kappa shape index (κ2) is 1.39. The molecule has 0 aromatic rings. The summed E-state index contributed by atoms with van der Waals surface area (Å²) in [5.41, 5.74) is -0.491. The summed E-state index contributed by atoms with van der Waals surface area (Å²) in [6, 6.07) is 0. The highest BCUT2D eigenvalue weighted by atomic mass is 17.2. The monoisotopic (exact) mass is 180 g/mol. The molecule has 4 heterocycles. The van der Waals surface area contributed by atoms with Crippen LogP contribution in [0, 0.1) is 0 Å². The Balaban J connectivity index is 1.82. The molecule has 6 aliphatic rings. The first-order valence-corrected chi connectivity index (χ1v) is 4.73. The smallest absolute Gasteiger partial charge is 0.182 e. The Morgan fingerprint density at radius 1 is 1.31 bits per heavy atom. The number of epoxide rings is 2. The molecule has 2 aliphatic carbocycles. The van der Waals surface area contributed by atoms with Crippen molar-refractivity contribution in [3.8, 4) is 0 Å². The molecule has 2 spiro atoms. The van der Waals surface area contributed by atoms with Gasteiger partial charge in [-0.15, -0.1) is 0 Å². The van der Waals surface area contributed by atoms with Gasteiger partial charge in [-0.3, -0.25) is 0 Å². The number of fused-ring (bicyclic) bond motifs is 2. The van der Waals surface area contributed by atoms with Crippen LogP contribution >= 0.6 is 0 Å². The molecule has 0 N–H and O–H groups in total. The largest absolute Gasteiger partial charge is 0.366 e. The van der Waals surface area contributed by atoms with E-state index in [0.717, 1.165) is 6.42 Å². The molecule has 4 aliphatic heterocycles. The highest BCUT2D eigenvalue weighted by Gasteiger charge is 2.88. The topological polar surface area (TPSA) is 43.5 Å². The maximum atomic E-state index is 5.78. The van der Waals surface area contributed by atoms with Crippen molar-refractivity contribution in [1.82, 2.24) is 0 Å². The summed E-state index contributed by atoms with van der Waals surface area (Å²) in [4.78, 5) is 10.7. The van der Waals surface area contributed by atoms with Gasteiger partial charge in [0.15, 0.2) is 5.60 Å². The van der Waals surface area contributed by atoms with E-state index in [-0.39, 0.29) is 23.9 Å². The fourth-order valence-corrected chi connectivity index (χ4v) is 3.32. The predicted octanol–water partition coefficient (Wildman–Crippen LogP) is -0.0659. The third-order valence-electron chi connectivity index (χ3n) is 4.04. The Hall–Kier alpha value is -0.420. The van der Waals surface area contributed by atoms with Crippen LogP contribution in [0.1, 0.15) is 6.42 Å². The Morgan fingerprint density at radius 2 is 2.31 bits per heavy atom. The molecule has 13 heavy (non-hydrogen) atoms. The fourth-order valence-electron chi connectivity index (χ4n) is 3.32. The molecule has 0 aromatic carbocycles. The number of ether oxygens (including phenoxy) is 2. The molecular weight excluding hydrogens is 172 g/mol. The zero-order valence-corrected chi connectivity index (χ0v) is 6.80. The molecule has 6 rings (SSSR count). The predicted molar refractivity (Wildman–Crippen MR) is 38.7 cm³/mol. The van der Waals surface area contributed by atoms with Gasteiger partial charge in [-0.1, -0.05) is 6.08 Å². The average molecular weight is 180 g/mol. The number of hydrogen-bond acceptors (Lipinski definition) is 4. The van der Waals surface area contributed by atoms with E-state index in [1.807, 2.05) is 6.08 Å². The van der Waals surface area contributed by atoms with Crippen LogP contribution < -0.4 is 0 Å². The number of rotatable bonds is 0. The van der Waals surface area contributed by atoms with Crippen LogP contribution in [-0.2, 0) is 19.2 Å². The van der Waals surface area contributed by atoms with Gasteiger partial charge in [0.25, 0.3) is 0 Å². The lowest BCUT2D eigenvalue weighted by molar-refractivity contribution is -0.397. The van der Waals surface area contributed by atoms with E-state index >= 15 is 0 Å². The lowest BCUT2D eigenvalue weighted by Crippen LogP contribution is -2.57. The Kier molecular flexibility index (Phi) is 0.654. The van der Waals surface area contributed by atoms with Crippen molar-refractivity contribution in [3.05, 3.63) is 12.2 Å². The van der Waals surface area contributed by atoms with Crippen molar-refractivity contribution in [3.63, 3.8) is 0 Å². The summed E-state index contributed by atoms with van der Waals surface area (Å²) >= 11 is 0. The summed E-state index contributed by atoms with van der Waals surface area (Å²) in [6.45, 7) is 0. The van der Waals surface area contributed by atoms with Gasteiger partial charge in [-0.05, 0) is 6.08 Å². The van der Waals surface area contributed by atoms with Gasteiger partial charge < -0.3 is 9.47 Å². The summed E-state index contributed by atoms with van der Waals surface area (Å²) in [5, 5.41) is 0. The Bertz CT molecular complexity index is 354. The molecule has 0 amide bonds. The van der Waals surface area contributed by atoms with Crippen molar-refractivity contribution in [2.45, 2.75) is 42.0 Å². The first-order chi connectivity index (χ1) is 6.36. The molecule has 4 heteroatoms. The zero-order valence-electron chi connectivity index (χ0n) is 6.80. The van der Waals surface area contributed by atoms with Crippen molar-refractivity contribution < 1.29 is 19.2 Å². The lowest BCUT2D eigenvalue weighted by Gasteiger charge is -2.39. The van der Waals surface area contributed by atoms with Crippen molar-refractivity contribution in [2.75, 3.05) is 0 Å². The van der Waals surface area contributed by atoms with E-state index in [1.54, 1.807) is 0 Å². The normalized spacial score (nSPS) is 74.5. The van der Waals surface area contributed by atoms with Crippen molar-refractivity contribution in [1.29, 1.82) is 0 Å². The SMILES string of the molecule is C1=CC23OOC1C1OC12CC1OC13. The van der Waals surface area contributed by atoms with Crippen LogP contribution in [-0.4, -0.2) is 35.6 Å². The van der Waals surface area contributed by atoms with E-state index in [9.17, 15) is 0 Å². The van der Waals surface area contributed by atoms with Crippen molar-refractivity contribution in [2.24, 2.45) is 0 Å². The van der Waals surface area contributed by atoms with Crippen LogP contribution in [0.3, 0.4) is 0 Å². The molecule has 3 saturated heterocycles. The molecule has 4 fully saturated rings. The highest BCUT2D eigenvalue weighted by Crippen LogP contribution is 2.69. The van der Waals surface area contributed by atoms with Gasteiger partial charge >= 0.3 is 0 Å². The first-order valence-electron chi connectivity index (χ1n) is 4.73. The maximum absolute atomic E-state index is 5.78. The van der Waals surface area contributed by atoms with Gasteiger partial charge in [0.2, 0.25) is 0 Å². The summed E-state index contributed by atoms with van der Waals surface area (Å²) in [7, 11) is 0. The highest BCUT2D eigenvalue weighted by molar-refractivity contribution is 5.42. The van der Waals surface area contributed by atoms with E-state index < -0.39 is 5.60 Å². The van der Waals surface area contributed by atoms with Crippen LogP contribution in [0.25, 0.3) is 0 Å². The van der Waals surface area contributed by atoms with E-state index in [0.29, 0.717) is 6.10 Å². The molecule has 6 unspecified atom stereocenters. The number of hydrogen-bond donors (Lipinski definition) is 0. The summed E-state index contributed by atoms with van der Waals surface area (Å²) < 4.78 is 11.3. The summed E-state index contributed by atoms with van der Waals surface area (Å²) in [6.07, 6.45) is 5.87. The molecular formula is C9H8O4. The molecule has 1 saturated carbocycles. The standard InChI is InChI=1S/C9H8O4/c1-2-8-6-5(10-6)3-9(8)7(11-9)4(1)12-13-8/h1-2,4-7H,3H2. The molecule has 68 valence electrons. The summed E-state index contributed by atoms with van der Waals surface area (Å²) in [5.74, 6) is 0. The second-order valence-corrected chi connectivity index (χ2v) is 4.52. The minimum atomic E-state index is -0.406. The van der Waals surface area contributed by atoms with Crippen LogP contribution in [0.4, 0.5) is 0 Å². The molecule has 4 nitrogen and oxygen atoms in total. The maximum Gasteiger partial charge on any atom is 0.182 e. The van der Waals surface area contributed by atoms with Gasteiger partial charge in [-0.25, -0.2) is 9.78 Å². The fraction of sp³-hybridized carbons (Fsp3) is 0.778. The van der Waals surface area contributed by atoms with Gasteiger partial charge in [-0.2, -0.15) is 0 Å². The quantitative estimate of drug-likeness (QED) is 0.297. The molecule has 0 aromatic heterocycles. The van der Waals surface area contributed by atoms with Crippen LogP contribution in [0.5, 0.6) is 0 Å². The minimum absolute atomic E-state index is 0.0133. The van der Waals surface area contributed by atoms with Gasteiger partial charge in [0.05, 0.1) is 6.10 Å². The average Bonchev–Trinajstić information content (AvgIpc) is 3.03. The van der Waals surface area contributed by atoms with Gasteiger partial charge in [0.1, 0.15) is 23.9 Å². The first kappa shape index (κ1) is 6.14. The molecule has 0 radical (unpaired) electrons. The zero-order chi connectivity index (χ0) is 8.26. The molecule has 6 atom stereocenters. The molecule has 2 bridgehead atoms. The third kappa shape index (κ3) is 0.415. The lowest BCUT2D eigenvalue weighted by atomic mass is 9.79. The second-order valence-electron chi connectivity index (χ2n) is 4.52. The third-order valence-corrected chi connectivity index (χ3v) is 4.04. The van der Waals surface area contributed by atoms with Gasteiger partial charge in [0, 0.05) is 6.42 Å². The van der Waals surface area contributed by atoms with Crippen LogP contribution in [0.2, 0.25) is 0 Å². The Labute approximate surface area is 74.3 Å². The van der Waals surface area contributed by atoms with E-state index in [4.69, 9.17) is 19.2 Å². The van der Waals surface area contributed by atoms with E-state index in [2.05, 4.69) is 6.08 Å². The minimum Gasteiger partial charge on any atom is -0.366 e.